The van der Waals surface area contributed by atoms with E-state index >= 15 is 0 Å². The molecule has 2 rings (SSSR count). The van der Waals surface area contributed by atoms with E-state index in [2.05, 4.69) is 5.10 Å². The number of nitrogens with one attached hydrogen (secondary N) is 1. The fourth-order valence-electron chi connectivity index (χ4n) is 1.56. The van der Waals surface area contributed by atoms with Crippen LogP contribution in [0.5, 0.6) is 0 Å². The summed E-state index contributed by atoms with van der Waals surface area (Å²) in [5.41, 5.74) is 0.479. The molecule has 0 saturated carbocycles. The lowest BCUT2D eigenvalue weighted by molar-refractivity contribution is 0.0955. The van der Waals surface area contributed by atoms with Gasteiger partial charge < -0.3 is 0 Å². The Morgan fingerprint density at radius 3 is 1.83 bits per heavy atom. The summed E-state index contributed by atoms with van der Waals surface area (Å²) in [6.45, 7) is 0. The number of carbonyl (C=O) groups excluding carboxylic acids is 1. The van der Waals surface area contributed by atoms with Crippen LogP contribution in [0.3, 0.4) is 0 Å². The summed E-state index contributed by atoms with van der Waals surface area (Å²) in [7, 11) is 0. The van der Waals surface area contributed by atoms with Crippen LogP contribution in [-0.2, 0) is 0 Å². The van der Waals surface area contributed by atoms with Crippen LogP contribution in [0.4, 0.5) is 26.3 Å². The molecule has 1 N–H and O–H groups in total. The molecule has 2 aromatic carbocycles. The van der Waals surface area contributed by atoms with Crippen molar-refractivity contribution in [2.45, 2.75) is 0 Å². The SMILES string of the molecule is O=C(NN=Cc1c(F)c(F)c(F)c(F)c1F)c1ccc(F)cc1. The Morgan fingerprint density at radius 2 is 1.30 bits per heavy atom. The Hall–Kier alpha value is -2.84. The first-order valence-corrected chi connectivity index (χ1v) is 5.93. The molecule has 0 aliphatic carbocycles. The first-order chi connectivity index (χ1) is 10.8. The average Bonchev–Trinajstić information content (AvgIpc) is 2.54. The van der Waals surface area contributed by atoms with Crippen LogP contribution in [0.15, 0.2) is 29.4 Å². The van der Waals surface area contributed by atoms with Gasteiger partial charge in [-0.15, -0.1) is 0 Å². The summed E-state index contributed by atoms with van der Waals surface area (Å²) in [6.07, 6.45) is 0.275. The summed E-state index contributed by atoms with van der Waals surface area (Å²) in [5.74, 6) is -12.2. The number of hydrogen-bond acceptors (Lipinski definition) is 2. The van der Waals surface area contributed by atoms with Gasteiger partial charge in [0.15, 0.2) is 23.3 Å². The van der Waals surface area contributed by atoms with Crippen LogP contribution in [0.2, 0.25) is 0 Å². The van der Waals surface area contributed by atoms with Crippen LogP contribution in [0.1, 0.15) is 15.9 Å². The molecule has 120 valence electrons. The number of hydrazone groups is 1. The van der Waals surface area contributed by atoms with Crippen molar-refractivity contribution in [1.82, 2.24) is 5.43 Å². The Kier molecular flexibility index (Phi) is 4.68. The van der Waals surface area contributed by atoms with Crippen molar-refractivity contribution in [3.8, 4) is 0 Å². The third-order valence-corrected chi connectivity index (χ3v) is 2.71. The zero-order chi connectivity index (χ0) is 17.1. The van der Waals surface area contributed by atoms with Crippen LogP contribution in [0, 0.1) is 34.9 Å². The first kappa shape index (κ1) is 16.5. The van der Waals surface area contributed by atoms with E-state index in [0.717, 1.165) is 24.3 Å². The van der Waals surface area contributed by atoms with Crippen LogP contribution in [0.25, 0.3) is 0 Å². The lowest BCUT2D eigenvalue weighted by atomic mass is 10.2. The molecule has 9 heteroatoms. The van der Waals surface area contributed by atoms with Crippen molar-refractivity contribution in [2.75, 3.05) is 0 Å². The highest BCUT2D eigenvalue weighted by Crippen LogP contribution is 2.21. The number of rotatable bonds is 3. The Balaban J connectivity index is 2.21. The van der Waals surface area contributed by atoms with E-state index in [0.29, 0.717) is 0 Å². The van der Waals surface area contributed by atoms with Gasteiger partial charge in [0, 0.05) is 5.56 Å². The standard InChI is InChI=1S/C14H6F6N2O/c15-7-3-1-6(2-4-7)14(23)22-21-5-8-9(16)11(18)13(20)12(19)10(8)17/h1-5H,(H,22,23). The predicted molar refractivity (Wildman–Crippen MR) is 67.7 cm³/mol. The number of amides is 1. The smallest absolute Gasteiger partial charge is 0.267 e. The minimum Gasteiger partial charge on any atom is -0.267 e. The van der Waals surface area contributed by atoms with E-state index in [9.17, 15) is 31.1 Å². The molecule has 23 heavy (non-hydrogen) atoms. The van der Waals surface area contributed by atoms with Crippen molar-refractivity contribution in [2.24, 2.45) is 5.10 Å². The molecule has 0 radical (unpaired) electrons. The lowest BCUT2D eigenvalue weighted by Gasteiger charge is -2.04. The monoisotopic (exact) mass is 332 g/mol. The van der Waals surface area contributed by atoms with Gasteiger partial charge in [-0.25, -0.2) is 31.8 Å². The Bertz CT molecular complexity index is 760. The van der Waals surface area contributed by atoms with E-state index in [-0.39, 0.29) is 11.8 Å². The molecular formula is C14H6F6N2O. The quantitative estimate of drug-likeness (QED) is 0.303. The second-order valence-corrected chi connectivity index (χ2v) is 4.19. The molecule has 2 aromatic rings. The number of halogens is 6. The summed E-state index contributed by atoms with van der Waals surface area (Å²) in [6, 6.07) is 4.20. The molecule has 0 aliphatic rings. The van der Waals surface area contributed by atoms with Gasteiger partial charge in [-0.05, 0) is 24.3 Å². The maximum Gasteiger partial charge on any atom is 0.271 e. The molecule has 0 unspecified atom stereocenters. The summed E-state index contributed by atoms with van der Waals surface area (Å²) < 4.78 is 78.1. The fourth-order valence-corrected chi connectivity index (χ4v) is 1.56. The number of nitrogens with zero attached hydrogens (tertiary/aromatic N) is 1. The van der Waals surface area contributed by atoms with Gasteiger partial charge in [-0.2, -0.15) is 5.10 Å². The Morgan fingerprint density at radius 1 is 0.826 bits per heavy atom. The Labute approximate surface area is 125 Å². The van der Waals surface area contributed by atoms with Gasteiger partial charge in [0.25, 0.3) is 5.91 Å². The van der Waals surface area contributed by atoms with E-state index in [1.807, 2.05) is 5.43 Å². The van der Waals surface area contributed by atoms with Crippen molar-refractivity contribution >= 4 is 12.1 Å². The second-order valence-electron chi connectivity index (χ2n) is 4.19. The zero-order valence-electron chi connectivity index (χ0n) is 11.0. The van der Waals surface area contributed by atoms with Gasteiger partial charge in [-0.3, -0.25) is 4.79 Å². The third-order valence-electron chi connectivity index (χ3n) is 2.71. The molecule has 0 aliphatic heterocycles. The molecule has 3 nitrogen and oxygen atoms in total. The van der Waals surface area contributed by atoms with Gasteiger partial charge in [-0.1, -0.05) is 0 Å². The second kappa shape index (κ2) is 6.51. The number of benzene rings is 2. The van der Waals surface area contributed by atoms with Crippen molar-refractivity contribution in [1.29, 1.82) is 0 Å². The van der Waals surface area contributed by atoms with E-state index in [4.69, 9.17) is 0 Å². The van der Waals surface area contributed by atoms with Gasteiger partial charge in [0.2, 0.25) is 5.82 Å². The van der Waals surface area contributed by atoms with Gasteiger partial charge >= 0.3 is 0 Å². The summed E-state index contributed by atoms with van der Waals surface area (Å²) >= 11 is 0. The predicted octanol–water partition coefficient (Wildman–Crippen LogP) is 3.29. The molecule has 0 bridgehead atoms. The van der Waals surface area contributed by atoms with Crippen LogP contribution in [-0.4, -0.2) is 12.1 Å². The summed E-state index contributed by atoms with van der Waals surface area (Å²) in [4.78, 5) is 11.6. The maximum atomic E-state index is 13.3. The highest BCUT2D eigenvalue weighted by Gasteiger charge is 2.24. The minimum atomic E-state index is -2.30. The van der Waals surface area contributed by atoms with Crippen LogP contribution < -0.4 is 5.43 Å². The van der Waals surface area contributed by atoms with Crippen molar-refractivity contribution in [3.63, 3.8) is 0 Å². The maximum absolute atomic E-state index is 13.3. The highest BCUT2D eigenvalue weighted by molar-refractivity contribution is 5.94. The lowest BCUT2D eigenvalue weighted by Crippen LogP contribution is -2.18. The molecular weight excluding hydrogens is 326 g/mol. The van der Waals surface area contributed by atoms with E-state index in [1.54, 1.807) is 0 Å². The summed E-state index contributed by atoms with van der Waals surface area (Å²) in [5, 5.41) is 3.12. The van der Waals surface area contributed by atoms with Gasteiger partial charge in [0.1, 0.15) is 5.82 Å². The molecule has 0 aromatic heterocycles. The van der Waals surface area contributed by atoms with Gasteiger partial charge in [0.05, 0.1) is 11.8 Å². The topological polar surface area (TPSA) is 41.5 Å². The highest BCUT2D eigenvalue weighted by atomic mass is 19.2. The number of carbonyl (C=O) groups is 1. The minimum absolute atomic E-state index is 0.0269. The molecule has 0 atom stereocenters. The third kappa shape index (κ3) is 3.33. The molecule has 0 heterocycles. The fraction of sp³-hybridized carbons (Fsp3) is 0. The molecule has 0 fully saturated rings. The van der Waals surface area contributed by atoms with E-state index in [1.165, 1.54) is 0 Å². The normalized spacial score (nSPS) is 11.0. The molecule has 0 spiro atoms. The first-order valence-electron chi connectivity index (χ1n) is 5.93. The average molecular weight is 332 g/mol. The van der Waals surface area contributed by atoms with E-state index < -0.39 is 46.4 Å². The number of hydrogen-bond donors (Lipinski definition) is 1. The zero-order valence-corrected chi connectivity index (χ0v) is 11.0. The molecule has 1 amide bonds. The van der Waals surface area contributed by atoms with Crippen molar-refractivity contribution in [3.05, 3.63) is 70.3 Å². The van der Waals surface area contributed by atoms with Crippen LogP contribution >= 0.6 is 0 Å². The largest absolute Gasteiger partial charge is 0.271 e. The van der Waals surface area contributed by atoms with Crippen molar-refractivity contribution < 1.29 is 31.1 Å². The molecule has 0 saturated heterocycles.